The van der Waals surface area contributed by atoms with E-state index in [1.807, 2.05) is 97.1 Å². The van der Waals surface area contributed by atoms with E-state index >= 15 is 0 Å². The van der Waals surface area contributed by atoms with Crippen LogP contribution in [0.4, 0.5) is 5.69 Å². The van der Waals surface area contributed by atoms with Crippen molar-refractivity contribution in [2.75, 3.05) is 5.32 Å². The fourth-order valence-electron chi connectivity index (χ4n) is 6.13. The zero-order valence-corrected chi connectivity index (χ0v) is 22.4. The number of hydrogen-bond acceptors (Lipinski definition) is 5. The summed E-state index contributed by atoms with van der Waals surface area (Å²) in [6.45, 7) is 0.558. The van der Waals surface area contributed by atoms with Crippen LogP contribution in [0, 0.1) is 0 Å². The van der Waals surface area contributed by atoms with Crippen LogP contribution in [0.2, 0.25) is 0 Å². The number of nitrogens with two attached hydrogens (primary N) is 1. The number of amides is 3. The lowest BCUT2D eigenvalue weighted by Crippen LogP contribution is -2.69. The predicted octanol–water partition coefficient (Wildman–Crippen LogP) is 3.05. The zero-order valence-electron chi connectivity index (χ0n) is 22.4. The lowest BCUT2D eigenvalue weighted by atomic mass is 9.68. The van der Waals surface area contributed by atoms with Crippen LogP contribution < -0.4 is 21.7 Å². The Morgan fingerprint density at radius 2 is 1.24 bits per heavy atom. The highest BCUT2D eigenvalue weighted by Gasteiger charge is 2.77. The van der Waals surface area contributed by atoms with E-state index in [0.29, 0.717) is 11.3 Å². The largest absolute Gasteiger partial charge is 0.358 e. The Bertz CT molecular complexity index is 1580. The second-order valence-corrected chi connectivity index (χ2v) is 10.5. The molecule has 3 atom stereocenters. The third kappa shape index (κ3) is 4.33. The summed E-state index contributed by atoms with van der Waals surface area (Å²) < 4.78 is 0. The van der Waals surface area contributed by atoms with Gasteiger partial charge in [0.15, 0.2) is 11.1 Å². The highest BCUT2D eigenvalue weighted by atomic mass is 16.2. The summed E-state index contributed by atoms with van der Waals surface area (Å²) in [5.74, 6) is -1.48. The molecule has 5 N–H and O–H groups in total. The number of anilines is 1. The van der Waals surface area contributed by atoms with Crippen molar-refractivity contribution in [3.8, 4) is 0 Å². The molecule has 1 saturated heterocycles. The summed E-state index contributed by atoms with van der Waals surface area (Å²) in [4.78, 5) is 44.6. The third-order valence-electron chi connectivity index (χ3n) is 8.03. The van der Waals surface area contributed by atoms with Gasteiger partial charge in [-0.25, -0.2) is 0 Å². The highest BCUT2D eigenvalue weighted by Crippen LogP contribution is 2.54. The van der Waals surface area contributed by atoms with Gasteiger partial charge in [-0.05, 0) is 28.3 Å². The van der Waals surface area contributed by atoms with Gasteiger partial charge in [0, 0.05) is 25.3 Å². The van der Waals surface area contributed by atoms with Gasteiger partial charge in [0.25, 0.3) is 5.91 Å². The third-order valence-corrected chi connectivity index (χ3v) is 8.03. The summed E-state index contributed by atoms with van der Waals surface area (Å²) >= 11 is 0. The molecule has 206 valence electrons. The molecule has 3 amide bonds. The van der Waals surface area contributed by atoms with Gasteiger partial charge < -0.3 is 20.9 Å². The number of carbonyl (C=O) groups excluding carboxylic acids is 3. The summed E-state index contributed by atoms with van der Waals surface area (Å²) in [6.07, 6.45) is 0. The van der Waals surface area contributed by atoms with Crippen LogP contribution in [0.25, 0.3) is 0 Å². The SMILES string of the molecule is N[C@]12Nc3ccccc3[C@]1(C(=O)NCc1ccccc1)[C@@H](C(=O)NCc1ccccc1)N(Cc1ccccc1)C2=O. The number of nitrogens with zero attached hydrogens (tertiary/aromatic N) is 1. The van der Waals surface area contributed by atoms with Gasteiger partial charge in [0.05, 0.1) is 0 Å². The summed E-state index contributed by atoms with van der Waals surface area (Å²) in [6, 6.07) is 34.3. The van der Waals surface area contributed by atoms with Crippen LogP contribution in [0.3, 0.4) is 0 Å². The smallest absolute Gasteiger partial charge is 0.265 e. The Morgan fingerprint density at radius 1 is 0.732 bits per heavy atom. The van der Waals surface area contributed by atoms with E-state index in [1.165, 1.54) is 4.90 Å². The van der Waals surface area contributed by atoms with Crippen molar-refractivity contribution < 1.29 is 14.4 Å². The van der Waals surface area contributed by atoms with E-state index in [4.69, 9.17) is 5.73 Å². The number of carbonyl (C=O) groups is 3. The second kappa shape index (κ2) is 10.6. The van der Waals surface area contributed by atoms with Crippen LogP contribution in [0.5, 0.6) is 0 Å². The number of fused-ring (bicyclic) bond motifs is 3. The highest BCUT2D eigenvalue weighted by molar-refractivity contribution is 6.14. The molecule has 0 radical (unpaired) electrons. The first kappa shape index (κ1) is 26.3. The minimum atomic E-state index is -1.89. The number of likely N-dealkylation sites (tertiary alicyclic amines) is 1. The van der Waals surface area contributed by atoms with Crippen LogP contribution in [0.15, 0.2) is 115 Å². The molecule has 8 nitrogen and oxygen atoms in total. The fraction of sp³-hybridized carbons (Fsp3) is 0.182. The van der Waals surface area contributed by atoms with Crippen molar-refractivity contribution in [1.82, 2.24) is 15.5 Å². The molecule has 41 heavy (non-hydrogen) atoms. The molecule has 2 heterocycles. The van der Waals surface area contributed by atoms with E-state index in [0.717, 1.165) is 16.7 Å². The lowest BCUT2D eigenvalue weighted by molar-refractivity contribution is -0.138. The van der Waals surface area contributed by atoms with Crippen LogP contribution in [0.1, 0.15) is 22.3 Å². The maximum absolute atomic E-state index is 14.5. The Balaban J connectivity index is 1.46. The van der Waals surface area contributed by atoms with Crippen LogP contribution in [-0.4, -0.2) is 34.3 Å². The van der Waals surface area contributed by atoms with Crippen molar-refractivity contribution in [2.45, 2.75) is 36.8 Å². The fourth-order valence-corrected chi connectivity index (χ4v) is 6.13. The molecule has 4 aromatic carbocycles. The van der Waals surface area contributed by atoms with Gasteiger partial charge in [-0.1, -0.05) is 109 Å². The van der Waals surface area contributed by atoms with Gasteiger partial charge in [-0.15, -0.1) is 0 Å². The molecule has 0 bridgehead atoms. The van der Waals surface area contributed by atoms with Gasteiger partial charge >= 0.3 is 0 Å². The van der Waals surface area contributed by atoms with Crippen molar-refractivity contribution in [2.24, 2.45) is 5.73 Å². The molecule has 2 aliphatic heterocycles. The monoisotopic (exact) mass is 545 g/mol. The van der Waals surface area contributed by atoms with E-state index in [9.17, 15) is 14.4 Å². The van der Waals surface area contributed by atoms with Gasteiger partial charge in [-0.3, -0.25) is 20.1 Å². The maximum atomic E-state index is 14.5. The van der Waals surface area contributed by atoms with Gasteiger partial charge in [-0.2, -0.15) is 0 Å². The van der Waals surface area contributed by atoms with E-state index in [-0.39, 0.29) is 19.6 Å². The van der Waals surface area contributed by atoms with Crippen molar-refractivity contribution >= 4 is 23.4 Å². The average Bonchev–Trinajstić information content (AvgIpc) is 3.38. The number of hydrogen-bond donors (Lipinski definition) is 4. The minimum absolute atomic E-state index is 0.111. The number of benzene rings is 4. The molecule has 6 rings (SSSR count). The lowest BCUT2D eigenvalue weighted by Gasteiger charge is -2.37. The number of nitrogens with one attached hydrogen (secondary N) is 3. The van der Waals surface area contributed by atoms with E-state index in [1.54, 1.807) is 18.2 Å². The molecule has 1 fully saturated rings. The molecule has 2 aliphatic rings. The summed E-state index contributed by atoms with van der Waals surface area (Å²) in [5.41, 5.74) is 7.03. The molecule has 4 aromatic rings. The maximum Gasteiger partial charge on any atom is 0.265 e. The second-order valence-electron chi connectivity index (χ2n) is 10.5. The van der Waals surface area contributed by atoms with E-state index < -0.39 is 34.8 Å². The van der Waals surface area contributed by atoms with Crippen molar-refractivity contribution in [3.05, 3.63) is 138 Å². The van der Waals surface area contributed by atoms with Gasteiger partial charge in [0.2, 0.25) is 11.8 Å². The first-order valence-corrected chi connectivity index (χ1v) is 13.6. The molecular formula is C33H31N5O3. The standard InChI is InChI=1S/C33H31N5O3/c34-33-31(41)38(22-25-16-8-3-9-17-25)28(29(39)35-20-23-12-4-1-5-13-23)32(33,26-18-10-11-19-27(26)37-33)30(40)36-21-24-14-6-2-7-15-24/h1-19,28,37H,20-22,34H2,(H,35,39)(H,36,40)/t28-,32-,33-/m1/s1. The van der Waals surface area contributed by atoms with E-state index in [2.05, 4.69) is 16.0 Å². The van der Waals surface area contributed by atoms with Crippen molar-refractivity contribution in [3.63, 3.8) is 0 Å². The zero-order chi connectivity index (χ0) is 28.5. The number of rotatable bonds is 8. The molecule has 0 saturated carbocycles. The quantitative estimate of drug-likeness (QED) is 0.272. The Labute approximate surface area is 238 Å². The molecule has 0 aromatic heterocycles. The summed E-state index contributed by atoms with van der Waals surface area (Å²) in [5, 5.41) is 9.17. The predicted molar refractivity (Wildman–Crippen MR) is 156 cm³/mol. The topological polar surface area (TPSA) is 117 Å². The molecule has 0 unspecified atom stereocenters. The molecule has 8 heteroatoms. The molecule has 0 aliphatic carbocycles. The Morgan fingerprint density at radius 3 is 1.85 bits per heavy atom. The number of para-hydroxylation sites is 1. The Kier molecular flexibility index (Phi) is 6.77. The summed E-state index contributed by atoms with van der Waals surface area (Å²) in [7, 11) is 0. The van der Waals surface area contributed by atoms with Crippen LogP contribution >= 0.6 is 0 Å². The molecular weight excluding hydrogens is 514 g/mol. The normalized spacial score (nSPS) is 22.4. The molecule has 0 spiro atoms. The Hall–Kier alpha value is -4.95. The minimum Gasteiger partial charge on any atom is -0.358 e. The van der Waals surface area contributed by atoms with Gasteiger partial charge in [0.1, 0.15) is 6.04 Å². The van der Waals surface area contributed by atoms with Crippen LogP contribution in [-0.2, 0) is 39.4 Å². The first-order valence-electron chi connectivity index (χ1n) is 13.6. The average molecular weight is 546 g/mol. The van der Waals surface area contributed by atoms with Crippen molar-refractivity contribution in [1.29, 1.82) is 0 Å². The first-order chi connectivity index (χ1) is 19.9.